The first-order chi connectivity index (χ1) is 7.07. The average Bonchev–Trinajstić information content (AvgIpc) is 2.73. The SMILES string of the molecule is CC(C)(O)[C@H]1CCCN1C[C@H]1CCOC1. The molecule has 2 heterocycles. The smallest absolute Gasteiger partial charge is 0.0746 e. The van der Waals surface area contributed by atoms with Crippen LogP contribution in [0.4, 0.5) is 0 Å². The second-order valence-electron chi connectivity index (χ2n) is 5.54. The minimum atomic E-state index is -0.560. The van der Waals surface area contributed by atoms with E-state index < -0.39 is 5.60 Å². The number of nitrogens with zero attached hydrogens (tertiary/aromatic N) is 1. The van der Waals surface area contributed by atoms with Crippen LogP contribution in [0.5, 0.6) is 0 Å². The highest BCUT2D eigenvalue weighted by Gasteiger charge is 2.36. The van der Waals surface area contributed by atoms with Gasteiger partial charge in [-0.1, -0.05) is 0 Å². The Bertz CT molecular complexity index is 206. The summed E-state index contributed by atoms with van der Waals surface area (Å²) < 4.78 is 5.40. The predicted molar refractivity (Wildman–Crippen MR) is 59.8 cm³/mol. The Hall–Kier alpha value is -0.120. The second-order valence-corrected chi connectivity index (χ2v) is 5.54. The molecule has 0 aromatic carbocycles. The number of likely N-dealkylation sites (tertiary alicyclic amines) is 1. The van der Waals surface area contributed by atoms with E-state index in [0.29, 0.717) is 12.0 Å². The topological polar surface area (TPSA) is 32.7 Å². The monoisotopic (exact) mass is 213 g/mol. The lowest BCUT2D eigenvalue weighted by Gasteiger charge is -2.35. The molecule has 3 nitrogen and oxygen atoms in total. The predicted octanol–water partition coefficient (Wildman–Crippen LogP) is 1.26. The van der Waals surface area contributed by atoms with Gasteiger partial charge in [-0.15, -0.1) is 0 Å². The van der Waals surface area contributed by atoms with Crippen LogP contribution in [0.1, 0.15) is 33.1 Å². The van der Waals surface area contributed by atoms with Crippen LogP contribution in [0.15, 0.2) is 0 Å². The fourth-order valence-corrected chi connectivity index (χ4v) is 2.90. The van der Waals surface area contributed by atoms with Gasteiger partial charge in [0.1, 0.15) is 0 Å². The molecule has 0 aliphatic carbocycles. The van der Waals surface area contributed by atoms with Crippen molar-refractivity contribution in [2.75, 3.05) is 26.3 Å². The standard InChI is InChI=1S/C12H23NO2/c1-12(2,14)11-4-3-6-13(11)8-10-5-7-15-9-10/h10-11,14H,3-9H2,1-2H3/t10-,11-/m1/s1. The maximum atomic E-state index is 10.1. The molecule has 15 heavy (non-hydrogen) atoms. The van der Waals surface area contributed by atoms with Gasteiger partial charge in [0.2, 0.25) is 0 Å². The van der Waals surface area contributed by atoms with E-state index in [-0.39, 0.29) is 0 Å². The number of ether oxygens (including phenoxy) is 1. The van der Waals surface area contributed by atoms with Crippen LogP contribution in [0.3, 0.4) is 0 Å². The molecule has 0 radical (unpaired) electrons. The summed E-state index contributed by atoms with van der Waals surface area (Å²) in [5, 5.41) is 10.1. The fourth-order valence-electron chi connectivity index (χ4n) is 2.90. The van der Waals surface area contributed by atoms with E-state index >= 15 is 0 Å². The normalized spacial score (nSPS) is 33.8. The largest absolute Gasteiger partial charge is 0.389 e. The van der Waals surface area contributed by atoms with Crippen LogP contribution < -0.4 is 0 Å². The van der Waals surface area contributed by atoms with Crippen molar-refractivity contribution in [3.63, 3.8) is 0 Å². The summed E-state index contributed by atoms with van der Waals surface area (Å²) in [6, 6.07) is 0.345. The van der Waals surface area contributed by atoms with Gasteiger partial charge >= 0.3 is 0 Å². The highest BCUT2D eigenvalue weighted by Crippen LogP contribution is 2.28. The molecule has 88 valence electrons. The van der Waals surface area contributed by atoms with Crippen molar-refractivity contribution in [3.05, 3.63) is 0 Å². The number of hydrogen-bond acceptors (Lipinski definition) is 3. The van der Waals surface area contributed by atoms with E-state index in [2.05, 4.69) is 4.90 Å². The zero-order chi connectivity index (χ0) is 10.9. The van der Waals surface area contributed by atoms with E-state index in [0.717, 1.165) is 32.7 Å². The van der Waals surface area contributed by atoms with Gasteiger partial charge in [-0.2, -0.15) is 0 Å². The Balaban J connectivity index is 1.90. The van der Waals surface area contributed by atoms with Crippen molar-refractivity contribution in [1.29, 1.82) is 0 Å². The van der Waals surface area contributed by atoms with Crippen molar-refractivity contribution in [1.82, 2.24) is 4.90 Å². The maximum Gasteiger partial charge on any atom is 0.0746 e. The summed E-state index contributed by atoms with van der Waals surface area (Å²) in [5.74, 6) is 0.688. The van der Waals surface area contributed by atoms with Crippen molar-refractivity contribution in [2.45, 2.75) is 44.8 Å². The summed E-state index contributed by atoms with van der Waals surface area (Å²) in [4.78, 5) is 2.46. The molecule has 0 spiro atoms. The lowest BCUT2D eigenvalue weighted by molar-refractivity contribution is -0.00731. The first kappa shape index (κ1) is 11.4. The average molecular weight is 213 g/mol. The van der Waals surface area contributed by atoms with Crippen molar-refractivity contribution < 1.29 is 9.84 Å². The quantitative estimate of drug-likeness (QED) is 0.766. The molecule has 1 N–H and O–H groups in total. The maximum absolute atomic E-state index is 10.1. The minimum Gasteiger partial charge on any atom is -0.389 e. The van der Waals surface area contributed by atoms with Crippen molar-refractivity contribution in [3.8, 4) is 0 Å². The van der Waals surface area contributed by atoms with Crippen molar-refractivity contribution in [2.24, 2.45) is 5.92 Å². The molecule has 2 atom stereocenters. The van der Waals surface area contributed by atoms with E-state index in [9.17, 15) is 5.11 Å². The molecular weight excluding hydrogens is 190 g/mol. The Morgan fingerprint density at radius 3 is 2.80 bits per heavy atom. The molecule has 2 aliphatic rings. The van der Waals surface area contributed by atoms with Crippen molar-refractivity contribution >= 4 is 0 Å². The first-order valence-electron chi connectivity index (χ1n) is 6.11. The molecule has 2 rings (SSSR count). The van der Waals surface area contributed by atoms with Crippen LogP contribution in [0.25, 0.3) is 0 Å². The van der Waals surface area contributed by atoms with E-state index in [4.69, 9.17) is 4.74 Å². The molecule has 2 saturated heterocycles. The van der Waals surface area contributed by atoms with Crippen LogP contribution >= 0.6 is 0 Å². The zero-order valence-electron chi connectivity index (χ0n) is 9.91. The first-order valence-corrected chi connectivity index (χ1v) is 6.11. The number of rotatable bonds is 3. The van der Waals surface area contributed by atoms with E-state index in [1.54, 1.807) is 0 Å². The lowest BCUT2D eigenvalue weighted by atomic mass is 9.96. The second kappa shape index (κ2) is 4.40. The Morgan fingerprint density at radius 2 is 2.20 bits per heavy atom. The third kappa shape index (κ3) is 2.71. The number of hydrogen-bond donors (Lipinski definition) is 1. The minimum absolute atomic E-state index is 0.345. The Labute approximate surface area is 92.4 Å². The van der Waals surface area contributed by atoms with Crippen LogP contribution in [0.2, 0.25) is 0 Å². The third-order valence-electron chi connectivity index (χ3n) is 3.70. The van der Waals surface area contributed by atoms with Gasteiger partial charge in [-0.3, -0.25) is 4.90 Å². The van der Waals surface area contributed by atoms with E-state index in [1.807, 2.05) is 13.8 Å². The van der Waals surface area contributed by atoms with Gasteiger partial charge in [0.25, 0.3) is 0 Å². The summed E-state index contributed by atoms with van der Waals surface area (Å²) in [6.07, 6.45) is 3.55. The van der Waals surface area contributed by atoms with Gasteiger partial charge in [-0.25, -0.2) is 0 Å². The van der Waals surface area contributed by atoms with Gasteiger partial charge in [0, 0.05) is 19.2 Å². The fraction of sp³-hybridized carbons (Fsp3) is 1.00. The molecule has 0 aromatic rings. The Morgan fingerprint density at radius 1 is 1.40 bits per heavy atom. The van der Waals surface area contributed by atoms with Gasteiger partial charge in [0.15, 0.2) is 0 Å². The molecule has 0 saturated carbocycles. The molecule has 0 unspecified atom stereocenters. The summed E-state index contributed by atoms with van der Waals surface area (Å²) in [5.41, 5.74) is -0.560. The summed E-state index contributed by atoms with van der Waals surface area (Å²) >= 11 is 0. The molecule has 0 aromatic heterocycles. The van der Waals surface area contributed by atoms with Crippen LogP contribution in [-0.4, -0.2) is 48.0 Å². The molecular formula is C12H23NO2. The third-order valence-corrected chi connectivity index (χ3v) is 3.70. The lowest BCUT2D eigenvalue weighted by Crippen LogP contribution is -2.47. The van der Waals surface area contributed by atoms with Gasteiger partial charge in [0.05, 0.1) is 12.2 Å². The number of aliphatic hydroxyl groups is 1. The molecule has 2 aliphatic heterocycles. The van der Waals surface area contributed by atoms with Gasteiger partial charge in [-0.05, 0) is 45.6 Å². The summed E-state index contributed by atoms with van der Waals surface area (Å²) in [7, 11) is 0. The van der Waals surface area contributed by atoms with E-state index in [1.165, 1.54) is 12.8 Å². The van der Waals surface area contributed by atoms with Gasteiger partial charge < -0.3 is 9.84 Å². The molecule has 0 amide bonds. The molecule has 3 heteroatoms. The van der Waals surface area contributed by atoms with Crippen LogP contribution in [-0.2, 0) is 4.74 Å². The highest BCUT2D eigenvalue weighted by molar-refractivity contribution is 4.91. The Kier molecular flexibility index (Phi) is 3.33. The van der Waals surface area contributed by atoms with Crippen LogP contribution in [0, 0.1) is 5.92 Å². The zero-order valence-corrected chi connectivity index (χ0v) is 9.91. The summed E-state index contributed by atoms with van der Waals surface area (Å²) in [6.45, 7) is 7.95. The molecule has 0 bridgehead atoms. The highest BCUT2D eigenvalue weighted by atomic mass is 16.5. The molecule has 2 fully saturated rings.